The third-order valence-electron chi connectivity index (χ3n) is 4.45. The van der Waals surface area contributed by atoms with Gasteiger partial charge >= 0.3 is 0 Å². The van der Waals surface area contributed by atoms with E-state index in [4.69, 9.17) is 11.6 Å². The van der Waals surface area contributed by atoms with Crippen molar-refractivity contribution in [1.29, 1.82) is 0 Å². The van der Waals surface area contributed by atoms with Crippen molar-refractivity contribution in [3.63, 3.8) is 0 Å². The van der Waals surface area contributed by atoms with E-state index < -0.39 is 0 Å². The monoisotopic (exact) mass is 385 g/mol. The molecule has 3 rings (SSSR count). The van der Waals surface area contributed by atoms with Crippen LogP contribution in [0.3, 0.4) is 0 Å². The average Bonchev–Trinajstić information content (AvgIpc) is 2.64. The van der Waals surface area contributed by atoms with Gasteiger partial charge in [0, 0.05) is 10.7 Å². The summed E-state index contributed by atoms with van der Waals surface area (Å²) in [6.45, 7) is 5.34. The number of likely N-dealkylation sites (N-methyl/N-ethyl adjacent to an activating group) is 1. The number of para-hydroxylation sites is 1. The Labute approximate surface area is 162 Å². The summed E-state index contributed by atoms with van der Waals surface area (Å²) in [5, 5.41) is 4.04. The second-order valence-corrected chi connectivity index (χ2v) is 6.91. The number of nitrogens with zero attached hydrogens (tertiary/aromatic N) is 1. The number of hydrogen-bond acceptors (Lipinski definition) is 3. The van der Waals surface area contributed by atoms with Crippen LogP contribution in [0.5, 0.6) is 0 Å². The van der Waals surface area contributed by atoms with E-state index in [1.807, 2.05) is 44.2 Å². The maximum Gasteiger partial charge on any atom is 0.279 e. The van der Waals surface area contributed by atoms with Crippen LogP contribution in [0.4, 0.5) is 5.69 Å². The average molecular weight is 386 g/mol. The first-order chi connectivity index (χ1) is 13.0. The lowest BCUT2D eigenvalue weighted by atomic mass is 10.2. The lowest BCUT2D eigenvalue weighted by Crippen LogP contribution is -3.11. The molecule has 0 bridgehead atoms. The second kappa shape index (κ2) is 8.33. The Bertz CT molecular complexity index is 1030. The number of rotatable bonds is 6. The Morgan fingerprint density at radius 3 is 2.78 bits per heavy atom. The van der Waals surface area contributed by atoms with E-state index in [9.17, 15) is 9.59 Å². The van der Waals surface area contributed by atoms with Gasteiger partial charge in [-0.15, -0.1) is 0 Å². The van der Waals surface area contributed by atoms with E-state index in [1.54, 1.807) is 12.1 Å². The topological polar surface area (TPSA) is 79.3 Å². The minimum absolute atomic E-state index is 0.116. The number of hydrogen-bond donors (Lipinski definition) is 3. The van der Waals surface area contributed by atoms with E-state index in [2.05, 4.69) is 15.3 Å². The summed E-state index contributed by atoms with van der Waals surface area (Å²) in [7, 11) is 0. The number of aromatic amines is 1. The summed E-state index contributed by atoms with van der Waals surface area (Å²) in [6.07, 6.45) is 0. The fraction of sp³-hybridized carbons (Fsp3) is 0.250. The molecule has 0 radical (unpaired) electrons. The summed E-state index contributed by atoms with van der Waals surface area (Å²) in [5.74, 6) is 0.455. The standard InChI is InChI=1S/C20H21ClN4O2/c1-3-25(12-19(26)22-14-9-8-13(2)16(21)10-14)11-18-23-17-7-5-4-6-15(17)20(27)24-18/h4-10H,3,11-12H2,1-2H3,(H,22,26)(H,23,24,27)/p+1. The van der Waals surface area contributed by atoms with Crippen LogP contribution < -0.4 is 15.8 Å². The number of H-pyrrole nitrogens is 1. The van der Waals surface area contributed by atoms with Crippen molar-refractivity contribution in [3.05, 3.63) is 69.2 Å². The highest BCUT2D eigenvalue weighted by molar-refractivity contribution is 6.31. The van der Waals surface area contributed by atoms with Gasteiger partial charge in [-0.3, -0.25) is 9.59 Å². The zero-order valence-corrected chi connectivity index (χ0v) is 16.1. The molecule has 1 heterocycles. The fourth-order valence-electron chi connectivity index (χ4n) is 2.87. The van der Waals surface area contributed by atoms with Crippen LogP contribution in [-0.4, -0.2) is 29.0 Å². The van der Waals surface area contributed by atoms with Crippen molar-refractivity contribution in [2.45, 2.75) is 20.4 Å². The van der Waals surface area contributed by atoms with Crippen LogP contribution in [0.25, 0.3) is 10.9 Å². The van der Waals surface area contributed by atoms with Gasteiger partial charge in [0.25, 0.3) is 11.5 Å². The number of halogens is 1. The number of amides is 1. The largest absolute Gasteiger partial charge is 0.321 e. The van der Waals surface area contributed by atoms with Crippen molar-refractivity contribution in [2.75, 3.05) is 18.4 Å². The molecule has 3 N–H and O–H groups in total. The van der Waals surface area contributed by atoms with Gasteiger partial charge in [-0.1, -0.05) is 29.8 Å². The Kier molecular flexibility index (Phi) is 5.88. The summed E-state index contributed by atoms with van der Waals surface area (Å²) in [4.78, 5) is 32.9. The van der Waals surface area contributed by atoms with Gasteiger partial charge in [-0.05, 0) is 43.7 Å². The van der Waals surface area contributed by atoms with Gasteiger partial charge in [-0.2, -0.15) is 0 Å². The van der Waals surface area contributed by atoms with Gasteiger partial charge in [-0.25, -0.2) is 4.98 Å². The number of carbonyl (C=O) groups excluding carboxylic acids is 1. The first kappa shape index (κ1) is 19.1. The van der Waals surface area contributed by atoms with Gasteiger partial charge in [0.05, 0.1) is 17.4 Å². The van der Waals surface area contributed by atoms with E-state index >= 15 is 0 Å². The first-order valence-electron chi connectivity index (χ1n) is 8.83. The van der Waals surface area contributed by atoms with Crippen molar-refractivity contribution in [2.24, 2.45) is 0 Å². The Morgan fingerprint density at radius 2 is 2.04 bits per heavy atom. The van der Waals surface area contributed by atoms with Crippen LogP contribution in [0.2, 0.25) is 5.02 Å². The molecule has 2 aromatic carbocycles. The lowest BCUT2D eigenvalue weighted by molar-refractivity contribution is -0.904. The van der Waals surface area contributed by atoms with Crippen LogP contribution in [-0.2, 0) is 11.3 Å². The molecule has 0 fully saturated rings. The number of aryl methyl sites for hydroxylation is 1. The highest BCUT2D eigenvalue weighted by atomic mass is 35.5. The number of quaternary nitrogens is 1. The third-order valence-corrected chi connectivity index (χ3v) is 4.85. The van der Waals surface area contributed by atoms with Crippen LogP contribution in [0.1, 0.15) is 18.3 Å². The summed E-state index contributed by atoms with van der Waals surface area (Å²) in [5.41, 5.74) is 2.13. The second-order valence-electron chi connectivity index (χ2n) is 6.50. The summed E-state index contributed by atoms with van der Waals surface area (Å²) >= 11 is 6.10. The van der Waals surface area contributed by atoms with Crippen molar-refractivity contribution in [3.8, 4) is 0 Å². The SMILES string of the molecule is CC[NH+](CC(=O)Nc1ccc(C)c(Cl)c1)Cc1nc2ccccc2c(=O)[nH]1. The molecule has 0 saturated heterocycles. The molecular weight excluding hydrogens is 364 g/mol. The van der Waals surface area contributed by atoms with Crippen LogP contribution in [0, 0.1) is 6.92 Å². The molecule has 7 heteroatoms. The molecule has 27 heavy (non-hydrogen) atoms. The molecule has 1 aromatic heterocycles. The van der Waals surface area contributed by atoms with E-state index in [0.717, 1.165) is 17.0 Å². The number of fused-ring (bicyclic) bond motifs is 1. The van der Waals surface area contributed by atoms with Gasteiger partial charge in [0.15, 0.2) is 12.4 Å². The minimum Gasteiger partial charge on any atom is -0.321 e. The fourth-order valence-corrected chi connectivity index (χ4v) is 3.05. The molecule has 140 valence electrons. The predicted molar refractivity (Wildman–Crippen MR) is 107 cm³/mol. The lowest BCUT2D eigenvalue weighted by Gasteiger charge is -2.17. The molecule has 0 aliphatic rings. The number of benzene rings is 2. The van der Waals surface area contributed by atoms with Crippen LogP contribution in [0.15, 0.2) is 47.3 Å². The van der Waals surface area contributed by atoms with Crippen LogP contribution >= 0.6 is 11.6 Å². The molecule has 0 spiro atoms. The maximum absolute atomic E-state index is 12.4. The number of carbonyl (C=O) groups is 1. The molecule has 3 aromatic rings. The quantitative estimate of drug-likeness (QED) is 0.606. The number of aromatic nitrogens is 2. The van der Waals surface area contributed by atoms with Gasteiger partial charge in [0.2, 0.25) is 0 Å². The Hall–Kier alpha value is -2.70. The molecule has 0 saturated carbocycles. The molecule has 6 nitrogen and oxygen atoms in total. The Balaban J connectivity index is 1.69. The molecule has 0 aliphatic carbocycles. The zero-order valence-electron chi connectivity index (χ0n) is 15.3. The molecular formula is C20H22ClN4O2+. The van der Waals surface area contributed by atoms with E-state index in [0.29, 0.717) is 34.0 Å². The zero-order chi connectivity index (χ0) is 19.4. The predicted octanol–water partition coefficient (Wildman–Crippen LogP) is 1.93. The minimum atomic E-state index is -0.162. The smallest absolute Gasteiger partial charge is 0.279 e. The number of anilines is 1. The normalized spacial score (nSPS) is 12.1. The van der Waals surface area contributed by atoms with Crippen molar-refractivity contribution in [1.82, 2.24) is 9.97 Å². The first-order valence-corrected chi connectivity index (χ1v) is 9.21. The highest BCUT2D eigenvalue weighted by Crippen LogP contribution is 2.19. The molecule has 1 amide bonds. The van der Waals surface area contributed by atoms with Gasteiger partial charge in [0.1, 0.15) is 6.54 Å². The van der Waals surface area contributed by atoms with E-state index in [1.165, 1.54) is 0 Å². The van der Waals surface area contributed by atoms with Gasteiger partial charge < -0.3 is 15.2 Å². The van der Waals surface area contributed by atoms with Crippen molar-refractivity contribution < 1.29 is 9.69 Å². The summed E-state index contributed by atoms with van der Waals surface area (Å²) in [6, 6.07) is 12.7. The number of nitrogens with one attached hydrogen (secondary N) is 3. The van der Waals surface area contributed by atoms with Crippen molar-refractivity contribution >= 4 is 34.1 Å². The summed E-state index contributed by atoms with van der Waals surface area (Å²) < 4.78 is 0. The maximum atomic E-state index is 12.4. The molecule has 1 unspecified atom stereocenters. The van der Waals surface area contributed by atoms with E-state index in [-0.39, 0.29) is 18.0 Å². The molecule has 0 aliphatic heterocycles. The highest BCUT2D eigenvalue weighted by Gasteiger charge is 2.16. The third kappa shape index (κ3) is 4.72. The Morgan fingerprint density at radius 1 is 1.26 bits per heavy atom. The molecule has 1 atom stereocenters.